The van der Waals surface area contributed by atoms with Gasteiger partial charge in [-0.2, -0.15) is 0 Å². The van der Waals surface area contributed by atoms with Crippen molar-refractivity contribution in [1.29, 1.82) is 0 Å². The number of H-pyrrole nitrogens is 1. The lowest BCUT2D eigenvalue weighted by molar-refractivity contribution is 0.340. The summed E-state index contributed by atoms with van der Waals surface area (Å²) in [6.45, 7) is 4.62. The van der Waals surface area contributed by atoms with Gasteiger partial charge in [0.05, 0.1) is 22.7 Å². The summed E-state index contributed by atoms with van der Waals surface area (Å²) in [6, 6.07) is 11.7. The zero-order valence-electron chi connectivity index (χ0n) is 11.4. The summed E-state index contributed by atoms with van der Waals surface area (Å²) in [4.78, 5) is 7.95. The highest BCUT2D eigenvalue weighted by Gasteiger charge is 2.11. The lowest BCUT2D eigenvalue weighted by Gasteiger charge is -2.05. The monoisotopic (exact) mass is 286 g/mol. The molecule has 3 rings (SSSR count). The number of halogens is 1. The van der Waals surface area contributed by atoms with E-state index in [9.17, 15) is 0 Å². The van der Waals surface area contributed by atoms with E-state index in [0.29, 0.717) is 11.6 Å². The summed E-state index contributed by atoms with van der Waals surface area (Å²) in [5.41, 5.74) is 4.02. The van der Waals surface area contributed by atoms with E-state index in [0.717, 1.165) is 33.7 Å². The van der Waals surface area contributed by atoms with Gasteiger partial charge in [-0.25, -0.2) is 4.98 Å². The molecule has 0 fully saturated rings. The third kappa shape index (κ3) is 2.25. The van der Waals surface area contributed by atoms with Crippen molar-refractivity contribution in [3.8, 4) is 17.1 Å². The summed E-state index contributed by atoms with van der Waals surface area (Å²) in [7, 11) is 0. The number of hydrogen-bond donors (Lipinski definition) is 1. The Labute approximate surface area is 122 Å². The van der Waals surface area contributed by atoms with Crippen molar-refractivity contribution in [2.75, 3.05) is 6.61 Å². The number of hydrogen-bond acceptors (Lipinski definition) is 2. The zero-order valence-corrected chi connectivity index (χ0v) is 12.2. The fourth-order valence-corrected chi connectivity index (χ4v) is 2.51. The molecule has 0 atom stereocenters. The second kappa shape index (κ2) is 5.17. The van der Waals surface area contributed by atoms with Crippen molar-refractivity contribution in [3.05, 3.63) is 47.0 Å². The largest absolute Gasteiger partial charge is 0.494 e. The lowest BCUT2D eigenvalue weighted by atomic mass is 10.2. The molecule has 0 spiro atoms. The van der Waals surface area contributed by atoms with Crippen molar-refractivity contribution in [1.82, 2.24) is 9.97 Å². The Kier molecular flexibility index (Phi) is 3.36. The highest BCUT2D eigenvalue weighted by Crippen LogP contribution is 2.31. The molecule has 1 aromatic heterocycles. The van der Waals surface area contributed by atoms with E-state index in [1.807, 2.05) is 50.2 Å². The topological polar surface area (TPSA) is 37.9 Å². The molecule has 0 radical (unpaired) electrons. The molecule has 0 aliphatic carbocycles. The summed E-state index contributed by atoms with van der Waals surface area (Å²) in [5.74, 6) is 1.55. The number of para-hydroxylation sites is 1. The summed E-state index contributed by atoms with van der Waals surface area (Å²) < 4.78 is 5.44. The maximum Gasteiger partial charge on any atom is 0.140 e. The van der Waals surface area contributed by atoms with Crippen LogP contribution in [-0.2, 0) is 0 Å². The van der Waals surface area contributed by atoms with Crippen LogP contribution in [0.15, 0.2) is 36.4 Å². The molecular weight excluding hydrogens is 272 g/mol. The van der Waals surface area contributed by atoms with Crippen LogP contribution in [0.5, 0.6) is 5.75 Å². The minimum Gasteiger partial charge on any atom is -0.494 e. The highest BCUT2D eigenvalue weighted by atomic mass is 35.5. The predicted octanol–water partition coefficient (Wildman–Crippen LogP) is 4.59. The van der Waals surface area contributed by atoms with Crippen LogP contribution in [0.2, 0.25) is 5.02 Å². The maximum absolute atomic E-state index is 6.33. The molecule has 3 nitrogen and oxygen atoms in total. The van der Waals surface area contributed by atoms with Gasteiger partial charge in [-0.05, 0) is 43.7 Å². The third-order valence-corrected chi connectivity index (χ3v) is 3.53. The van der Waals surface area contributed by atoms with Crippen LogP contribution in [-0.4, -0.2) is 16.6 Å². The number of fused-ring (bicyclic) bond motifs is 1. The van der Waals surface area contributed by atoms with E-state index in [4.69, 9.17) is 16.3 Å². The number of benzene rings is 2. The molecule has 0 aliphatic rings. The fourth-order valence-electron chi connectivity index (χ4n) is 2.25. The Morgan fingerprint density at radius 3 is 2.80 bits per heavy atom. The lowest BCUT2D eigenvalue weighted by Crippen LogP contribution is -1.91. The molecule has 0 amide bonds. The van der Waals surface area contributed by atoms with Crippen LogP contribution in [0.3, 0.4) is 0 Å². The second-order valence-corrected chi connectivity index (χ2v) is 5.04. The van der Waals surface area contributed by atoms with Crippen molar-refractivity contribution < 1.29 is 4.74 Å². The molecule has 1 N–H and O–H groups in total. The predicted molar refractivity (Wildman–Crippen MR) is 82.4 cm³/mol. The molecule has 0 saturated carbocycles. The first-order chi connectivity index (χ1) is 9.69. The van der Waals surface area contributed by atoms with Crippen LogP contribution >= 0.6 is 11.6 Å². The second-order valence-electron chi connectivity index (χ2n) is 4.63. The summed E-state index contributed by atoms with van der Waals surface area (Å²) in [5, 5.41) is 0.632. The first-order valence-electron chi connectivity index (χ1n) is 6.57. The minimum absolute atomic E-state index is 0.625. The van der Waals surface area contributed by atoms with E-state index in [-0.39, 0.29) is 0 Å². The Bertz CT molecular complexity index is 764. The Hall–Kier alpha value is -2.00. The van der Waals surface area contributed by atoms with Gasteiger partial charge < -0.3 is 9.72 Å². The van der Waals surface area contributed by atoms with Crippen molar-refractivity contribution >= 4 is 22.6 Å². The van der Waals surface area contributed by atoms with Gasteiger partial charge in [0, 0.05) is 5.56 Å². The molecule has 0 bridgehead atoms. The van der Waals surface area contributed by atoms with Gasteiger partial charge in [0.25, 0.3) is 0 Å². The van der Waals surface area contributed by atoms with E-state index in [1.54, 1.807) is 0 Å². The molecule has 0 aliphatic heterocycles. The average Bonchev–Trinajstić information content (AvgIpc) is 2.84. The fraction of sp³-hybridized carbons (Fsp3) is 0.188. The maximum atomic E-state index is 6.33. The summed E-state index contributed by atoms with van der Waals surface area (Å²) in [6.07, 6.45) is 0. The highest BCUT2D eigenvalue weighted by molar-refractivity contribution is 6.33. The van der Waals surface area contributed by atoms with Gasteiger partial charge in [-0.15, -0.1) is 0 Å². The van der Waals surface area contributed by atoms with E-state index >= 15 is 0 Å². The standard InChI is InChI=1S/C16H15ClN2O/c1-3-20-11-7-8-12(13(17)9-11)16-18-14-6-4-5-10(2)15(14)19-16/h4-9H,3H2,1-2H3,(H,18,19). The summed E-state index contributed by atoms with van der Waals surface area (Å²) >= 11 is 6.33. The molecule has 20 heavy (non-hydrogen) atoms. The number of aromatic amines is 1. The number of imidazole rings is 1. The van der Waals surface area contributed by atoms with Gasteiger partial charge in [0.15, 0.2) is 0 Å². The van der Waals surface area contributed by atoms with Crippen molar-refractivity contribution in [2.24, 2.45) is 0 Å². The first kappa shape index (κ1) is 13.0. The molecule has 3 aromatic rings. The van der Waals surface area contributed by atoms with Gasteiger partial charge in [0.1, 0.15) is 11.6 Å². The molecular formula is C16H15ClN2O. The van der Waals surface area contributed by atoms with Crippen LogP contribution in [0.1, 0.15) is 12.5 Å². The normalized spacial score (nSPS) is 10.9. The van der Waals surface area contributed by atoms with Crippen LogP contribution in [0.4, 0.5) is 0 Å². The number of nitrogens with one attached hydrogen (secondary N) is 1. The average molecular weight is 287 g/mol. The number of aromatic nitrogens is 2. The van der Waals surface area contributed by atoms with Crippen molar-refractivity contribution in [3.63, 3.8) is 0 Å². The van der Waals surface area contributed by atoms with Crippen LogP contribution < -0.4 is 4.74 Å². The molecule has 2 aromatic carbocycles. The Morgan fingerprint density at radius 2 is 2.10 bits per heavy atom. The number of ether oxygens (including phenoxy) is 1. The molecule has 0 saturated heterocycles. The van der Waals surface area contributed by atoms with Crippen LogP contribution in [0, 0.1) is 6.92 Å². The van der Waals surface area contributed by atoms with Gasteiger partial charge in [-0.3, -0.25) is 0 Å². The zero-order chi connectivity index (χ0) is 14.1. The van der Waals surface area contributed by atoms with Crippen LogP contribution in [0.25, 0.3) is 22.4 Å². The molecule has 0 unspecified atom stereocenters. The van der Waals surface area contributed by atoms with E-state index in [1.165, 1.54) is 0 Å². The third-order valence-electron chi connectivity index (χ3n) is 3.22. The van der Waals surface area contributed by atoms with Crippen molar-refractivity contribution in [2.45, 2.75) is 13.8 Å². The van der Waals surface area contributed by atoms with E-state index < -0.39 is 0 Å². The minimum atomic E-state index is 0.625. The molecule has 4 heteroatoms. The van der Waals surface area contributed by atoms with Gasteiger partial charge in [-0.1, -0.05) is 23.7 Å². The van der Waals surface area contributed by atoms with E-state index in [2.05, 4.69) is 9.97 Å². The first-order valence-corrected chi connectivity index (χ1v) is 6.95. The smallest absolute Gasteiger partial charge is 0.140 e. The number of nitrogens with zero attached hydrogens (tertiary/aromatic N) is 1. The number of aryl methyl sites for hydroxylation is 1. The SMILES string of the molecule is CCOc1ccc(-c2nc3c(C)cccc3[nH]2)c(Cl)c1. The Balaban J connectivity index is 2.08. The quantitative estimate of drug-likeness (QED) is 0.764. The molecule has 102 valence electrons. The number of rotatable bonds is 3. The van der Waals surface area contributed by atoms with Gasteiger partial charge in [0.2, 0.25) is 0 Å². The Morgan fingerprint density at radius 1 is 1.25 bits per heavy atom. The molecule has 1 heterocycles. The van der Waals surface area contributed by atoms with Gasteiger partial charge >= 0.3 is 0 Å².